The van der Waals surface area contributed by atoms with Crippen molar-refractivity contribution < 1.29 is 34.8 Å². The van der Waals surface area contributed by atoms with E-state index in [0.717, 1.165) is 18.2 Å². The maximum Gasteiger partial charge on any atom is 0.415 e. The van der Waals surface area contributed by atoms with Crippen LogP contribution in [0.2, 0.25) is 0 Å². The van der Waals surface area contributed by atoms with Gasteiger partial charge in [-0.2, -0.15) is 11.8 Å². The smallest absolute Gasteiger partial charge is 0.415 e. The summed E-state index contributed by atoms with van der Waals surface area (Å²) in [5.74, 6) is -5.62. The SMILES string of the molecule is CCCSCC(C(=O)O)N(C(=O)O)C(=O)C(C)(O)O. The molecule has 0 radical (unpaired) electrons. The van der Waals surface area contributed by atoms with E-state index < -0.39 is 29.8 Å². The lowest BCUT2D eigenvalue weighted by Gasteiger charge is -2.28. The quantitative estimate of drug-likeness (QED) is 0.374. The average Bonchev–Trinajstić information content (AvgIpc) is 2.25. The van der Waals surface area contributed by atoms with Crippen LogP contribution in [0.1, 0.15) is 20.3 Å². The van der Waals surface area contributed by atoms with Crippen LogP contribution in [-0.4, -0.2) is 66.6 Å². The van der Waals surface area contributed by atoms with Gasteiger partial charge >= 0.3 is 12.1 Å². The van der Waals surface area contributed by atoms with Crippen LogP contribution in [0.4, 0.5) is 4.79 Å². The number of thioether (sulfide) groups is 1. The van der Waals surface area contributed by atoms with Crippen molar-refractivity contribution in [3.05, 3.63) is 0 Å². The van der Waals surface area contributed by atoms with E-state index in [1.807, 2.05) is 6.92 Å². The Labute approximate surface area is 114 Å². The van der Waals surface area contributed by atoms with Crippen molar-refractivity contribution >= 4 is 29.7 Å². The van der Waals surface area contributed by atoms with Gasteiger partial charge in [0.2, 0.25) is 5.79 Å². The Bertz CT molecular complexity index is 352. The first-order valence-electron chi connectivity index (χ1n) is 5.44. The van der Waals surface area contributed by atoms with E-state index in [4.69, 9.17) is 20.4 Å². The average molecular weight is 295 g/mol. The Kier molecular flexibility index (Phi) is 6.81. The molecule has 9 heteroatoms. The predicted molar refractivity (Wildman–Crippen MR) is 66.8 cm³/mol. The number of carboxylic acid groups (broad SMARTS) is 2. The standard InChI is InChI=1S/C10H17NO7S/c1-3-4-19-5-6(7(12)13)11(9(15)16)8(14)10(2,17)18/h6,17-18H,3-5H2,1-2H3,(H,12,13)(H,15,16). The molecule has 0 rings (SSSR count). The second-order valence-corrected chi connectivity index (χ2v) is 5.06. The van der Waals surface area contributed by atoms with Crippen molar-refractivity contribution in [1.82, 2.24) is 4.90 Å². The summed E-state index contributed by atoms with van der Waals surface area (Å²) in [6, 6.07) is -1.67. The normalized spacial score (nSPS) is 12.8. The van der Waals surface area contributed by atoms with Gasteiger partial charge < -0.3 is 20.4 Å². The van der Waals surface area contributed by atoms with Gasteiger partial charge in [0.25, 0.3) is 5.91 Å². The number of hydrogen-bond donors (Lipinski definition) is 4. The summed E-state index contributed by atoms with van der Waals surface area (Å²) in [5.41, 5.74) is 0. The van der Waals surface area contributed by atoms with Crippen molar-refractivity contribution in [2.45, 2.75) is 32.1 Å². The van der Waals surface area contributed by atoms with Crippen LogP contribution in [0.25, 0.3) is 0 Å². The van der Waals surface area contributed by atoms with Gasteiger partial charge in [0.1, 0.15) is 6.04 Å². The number of nitrogens with zero attached hydrogens (tertiary/aromatic N) is 1. The third-order valence-corrected chi connectivity index (χ3v) is 3.30. The number of amides is 2. The van der Waals surface area contributed by atoms with E-state index in [0.29, 0.717) is 12.7 Å². The Morgan fingerprint density at radius 3 is 2.11 bits per heavy atom. The monoisotopic (exact) mass is 295 g/mol. The molecule has 0 aliphatic rings. The fraction of sp³-hybridized carbons (Fsp3) is 0.700. The Balaban J connectivity index is 5.14. The van der Waals surface area contributed by atoms with Crippen LogP contribution < -0.4 is 0 Å². The Hall–Kier alpha value is -1.32. The van der Waals surface area contributed by atoms with E-state index in [-0.39, 0.29) is 10.7 Å². The lowest BCUT2D eigenvalue weighted by Crippen LogP contribution is -2.56. The van der Waals surface area contributed by atoms with Crippen molar-refractivity contribution in [3.63, 3.8) is 0 Å². The van der Waals surface area contributed by atoms with Gasteiger partial charge in [0.15, 0.2) is 0 Å². The van der Waals surface area contributed by atoms with E-state index in [9.17, 15) is 14.4 Å². The molecule has 0 aliphatic heterocycles. The molecule has 0 saturated heterocycles. The highest BCUT2D eigenvalue weighted by Gasteiger charge is 2.42. The molecule has 19 heavy (non-hydrogen) atoms. The van der Waals surface area contributed by atoms with Crippen molar-refractivity contribution in [1.29, 1.82) is 0 Å². The first kappa shape index (κ1) is 17.7. The Morgan fingerprint density at radius 2 is 1.79 bits per heavy atom. The van der Waals surface area contributed by atoms with Crippen molar-refractivity contribution in [2.75, 3.05) is 11.5 Å². The molecule has 0 aromatic carbocycles. The molecule has 1 unspecified atom stereocenters. The largest absolute Gasteiger partial charge is 0.480 e. The number of carboxylic acids is 1. The van der Waals surface area contributed by atoms with Gasteiger partial charge in [0.05, 0.1) is 0 Å². The fourth-order valence-corrected chi connectivity index (χ4v) is 2.16. The van der Waals surface area contributed by atoms with Gasteiger partial charge in [-0.25, -0.2) is 14.5 Å². The topological polar surface area (TPSA) is 135 Å². The van der Waals surface area contributed by atoms with Gasteiger partial charge in [-0.05, 0) is 19.1 Å². The molecule has 2 amide bonds. The van der Waals surface area contributed by atoms with Crippen LogP contribution >= 0.6 is 11.8 Å². The lowest BCUT2D eigenvalue weighted by molar-refractivity contribution is -0.190. The first-order valence-corrected chi connectivity index (χ1v) is 6.60. The summed E-state index contributed by atoms with van der Waals surface area (Å²) >= 11 is 1.16. The highest BCUT2D eigenvalue weighted by molar-refractivity contribution is 7.99. The fourth-order valence-electron chi connectivity index (χ4n) is 1.19. The van der Waals surface area contributed by atoms with Crippen molar-refractivity contribution in [3.8, 4) is 0 Å². The summed E-state index contributed by atoms with van der Waals surface area (Å²) in [7, 11) is 0. The summed E-state index contributed by atoms with van der Waals surface area (Å²) < 4.78 is 0. The van der Waals surface area contributed by atoms with Gasteiger partial charge in [-0.15, -0.1) is 0 Å². The molecule has 0 aromatic rings. The molecular formula is C10H17NO7S. The van der Waals surface area contributed by atoms with Crippen molar-refractivity contribution in [2.24, 2.45) is 0 Å². The molecular weight excluding hydrogens is 278 g/mol. The molecule has 8 nitrogen and oxygen atoms in total. The van der Waals surface area contributed by atoms with Crippen LogP contribution in [0.5, 0.6) is 0 Å². The van der Waals surface area contributed by atoms with E-state index in [1.165, 1.54) is 0 Å². The molecule has 0 saturated carbocycles. The highest BCUT2D eigenvalue weighted by Crippen LogP contribution is 2.15. The summed E-state index contributed by atoms with van der Waals surface area (Å²) in [5, 5.41) is 36.1. The molecule has 0 bridgehead atoms. The predicted octanol–water partition coefficient (Wildman–Crippen LogP) is -0.210. The molecule has 0 fully saturated rings. The number of aliphatic hydroxyl groups is 2. The van der Waals surface area contributed by atoms with E-state index >= 15 is 0 Å². The molecule has 1 atom stereocenters. The lowest BCUT2D eigenvalue weighted by atomic mass is 10.2. The molecule has 4 N–H and O–H groups in total. The minimum Gasteiger partial charge on any atom is -0.480 e. The first-order chi connectivity index (χ1) is 8.62. The highest BCUT2D eigenvalue weighted by atomic mass is 32.2. The Morgan fingerprint density at radius 1 is 1.26 bits per heavy atom. The molecule has 0 aromatic heterocycles. The molecule has 0 aliphatic carbocycles. The van der Waals surface area contributed by atoms with Gasteiger partial charge in [0, 0.05) is 5.75 Å². The zero-order valence-corrected chi connectivity index (χ0v) is 11.4. The third-order valence-electron chi connectivity index (χ3n) is 2.05. The van der Waals surface area contributed by atoms with E-state index in [1.54, 1.807) is 0 Å². The number of aliphatic carboxylic acids is 1. The maximum atomic E-state index is 11.6. The number of carbonyl (C=O) groups is 3. The number of carbonyl (C=O) groups excluding carboxylic acids is 1. The van der Waals surface area contributed by atoms with Crippen LogP contribution in [0.15, 0.2) is 0 Å². The molecule has 0 spiro atoms. The summed E-state index contributed by atoms with van der Waals surface area (Å²) in [6.07, 6.45) is -1.08. The van der Waals surface area contributed by atoms with Crippen LogP contribution in [0, 0.1) is 0 Å². The second kappa shape index (κ2) is 7.31. The van der Waals surface area contributed by atoms with Crippen LogP contribution in [-0.2, 0) is 9.59 Å². The summed E-state index contributed by atoms with van der Waals surface area (Å²) in [4.78, 5) is 33.5. The van der Waals surface area contributed by atoms with Crippen LogP contribution in [0.3, 0.4) is 0 Å². The zero-order valence-electron chi connectivity index (χ0n) is 10.6. The van der Waals surface area contributed by atoms with Gasteiger partial charge in [-0.3, -0.25) is 4.79 Å². The minimum absolute atomic E-state index is 0.0645. The third kappa shape index (κ3) is 5.45. The zero-order chi connectivity index (χ0) is 15.2. The minimum atomic E-state index is -2.94. The molecule has 110 valence electrons. The maximum absolute atomic E-state index is 11.6. The van der Waals surface area contributed by atoms with E-state index in [2.05, 4.69) is 0 Å². The number of rotatable bonds is 7. The second-order valence-electron chi connectivity index (χ2n) is 3.91. The number of hydrogen-bond acceptors (Lipinski definition) is 6. The van der Waals surface area contributed by atoms with Gasteiger partial charge in [-0.1, -0.05) is 6.92 Å². The molecule has 0 heterocycles. The number of imide groups is 1. The summed E-state index contributed by atoms with van der Waals surface area (Å²) in [6.45, 7) is 2.53.